The van der Waals surface area contributed by atoms with Gasteiger partial charge in [0.05, 0.1) is 25.0 Å². The van der Waals surface area contributed by atoms with Crippen LogP contribution in [0.2, 0.25) is 0 Å². The Balaban J connectivity index is 1.72. The standard InChI is InChI=1S/C21H20F6N2O4S/c1-33-16-9-14(19(20(22,23)24)21(25,26)27)5-6-15(16)29-17(30)8-13-4-7-18(28-10-13)34(31,32)11-12-2-3-12/h4-7,9-10,12,19H,2-3,8,11H2,1H3,(H,29,30). The molecule has 0 spiro atoms. The van der Waals surface area contributed by atoms with E-state index < -0.39 is 39.6 Å². The first-order valence-corrected chi connectivity index (χ1v) is 11.6. The van der Waals surface area contributed by atoms with Gasteiger partial charge in [-0.2, -0.15) is 26.3 Å². The van der Waals surface area contributed by atoms with E-state index >= 15 is 0 Å². The number of anilines is 1. The molecule has 0 atom stereocenters. The van der Waals surface area contributed by atoms with Crippen molar-refractivity contribution in [2.75, 3.05) is 18.2 Å². The third-order valence-electron chi connectivity index (χ3n) is 5.12. The molecule has 34 heavy (non-hydrogen) atoms. The summed E-state index contributed by atoms with van der Waals surface area (Å²) < 4.78 is 107. The number of sulfone groups is 1. The fourth-order valence-corrected chi connectivity index (χ4v) is 4.93. The molecular weight excluding hydrogens is 490 g/mol. The molecule has 1 heterocycles. The van der Waals surface area contributed by atoms with Crippen molar-refractivity contribution in [2.24, 2.45) is 5.92 Å². The van der Waals surface area contributed by atoms with Gasteiger partial charge in [0.15, 0.2) is 20.8 Å². The van der Waals surface area contributed by atoms with E-state index in [1.807, 2.05) is 0 Å². The molecule has 1 saturated carbocycles. The molecule has 6 nitrogen and oxygen atoms in total. The zero-order valence-corrected chi connectivity index (χ0v) is 18.5. The molecule has 1 aromatic carbocycles. The van der Waals surface area contributed by atoms with Crippen molar-refractivity contribution in [1.29, 1.82) is 0 Å². The van der Waals surface area contributed by atoms with E-state index in [2.05, 4.69) is 10.3 Å². The highest BCUT2D eigenvalue weighted by Crippen LogP contribution is 2.47. The van der Waals surface area contributed by atoms with E-state index in [1.165, 1.54) is 18.3 Å². The number of methoxy groups -OCH3 is 1. The molecular formula is C21H20F6N2O4S. The van der Waals surface area contributed by atoms with Crippen molar-refractivity contribution < 1.29 is 44.3 Å². The third-order valence-corrected chi connectivity index (χ3v) is 6.91. The second-order valence-electron chi connectivity index (χ2n) is 7.93. The average Bonchev–Trinajstić information content (AvgIpc) is 3.50. The molecule has 0 aliphatic heterocycles. The third kappa shape index (κ3) is 6.39. The Morgan fingerprint density at radius 2 is 1.76 bits per heavy atom. The summed E-state index contributed by atoms with van der Waals surface area (Å²) in [6.45, 7) is 0. The van der Waals surface area contributed by atoms with Gasteiger partial charge < -0.3 is 10.1 Å². The number of halogens is 6. The Bertz CT molecular complexity index is 1130. The zero-order valence-electron chi connectivity index (χ0n) is 17.7. The maximum absolute atomic E-state index is 13.0. The minimum atomic E-state index is -5.57. The Labute approximate surface area is 191 Å². The molecule has 0 saturated heterocycles. The molecule has 3 rings (SSSR count). The van der Waals surface area contributed by atoms with Gasteiger partial charge in [-0.15, -0.1) is 0 Å². The molecule has 1 aromatic heterocycles. The van der Waals surface area contributed by atoms with Crippen LogP contribution in [-0.4, -0.2) is 44.5 Å². The molecule has 0 radical (unpaired) electrons. The van der Waals surface area contributed by atoms with Crippen LogP contribution in [-0.2, 0) is 21.1 Å². The summed E-state index contributed by atoms with van der Waals surface area (Å²) in [4.78, 5) is 16.2. The Morgan fingerprint density at radius 3 is 2.26 bits per heavy atom. The van der Waals surface area contributed by atoms with Gasteiger partial charge in [-0.05, 0) is 48.1 Å². The van der Waals surface area contributed by atoms with Crippen LogP contribution in [0.5, 0.6) is 5.75 Å². The minimum Gasteiger partial charge on any atom is -0.495 e. The van der Waals surface area contributed by atoms with E-state index in [1.54, 1.807) is 0 Å². The molecule has 13 heteroatoms. The van der Waals surface area contributed by atoms with Crippen molar-refractivity contribution >= 4 is 21.4 Å². The van der Waals surface area contributed by atoms with E-state index in [9.17, 15) is 39.6 Å². The van der Waals surface area contributed by atoms with Gasteiger partial charge in [0.1, 0.15) is 5.75 Å². The predicted octanol–water partition coefficient (Wildman–Crippen LogP) is 4.66. The van der Waals surface area contributed by atoms with Crippen molar-refractivity contribution in [3.8, 4) is 5.75 Å². The average molecular weight is 510 g/mol. The summed E-state index contributed by atoms with van der Waals surface area (Å²) in [5.74, 6) is -4.60. The van der Waals surface area contributed by atoms with Gasteiger partial charge in [0.25, 0.3) is 0 Å². The van der Waals surface area contributed by atoms with Crippen LogP contribution in [0, 0.1) is 5.92 Å². The highest BCUT2D eigenvalue weighted by molar-refractivity contribution is 7.91. The van der Waals surface area contributed by atoms with Crippen LogP contribution in [0.25, 0.3) is 0 Å². The number of pyridine rings is 1. The number of amides is 1. The number of aromatic nitrogens is 1. The summed E-state index contributed by atoms with van der Waals surface area (Å²) >= 11 is 0. The second-order valence-corrected chi connectivity index (χ2v) is 9.91. The van der Waals surface area contributed by atoms with E-state index in [4.69, 9.17) is 4.74 Å². The lowest BCUT2D eigenvalue weighted by atomic mass is 9.97. The minimum absolute atomic E-state index is 0.0131. The number of nitrogens with one attached hydrogen (secondary N) is 1. The number of hydrogen-bond donors (Lipinski definition) is 1. The first-order valence-electron chi connectivity index (χ1n) is 9.99. The van der Waals surface area contributed by atoms with Gasteiger partial charge in [-0.3, -0.25) is 4.79 Å². The number of alkyl halides is 6. The number of carbonyl (C=O) groups excluding carboxylic acids is 1. The largest absolute Gasteiger partial charge is 0.495 e. The lowest BCUT2D eigenvalue weighted by molar-refractivity contribution is -0.253. The molecule has 2 aromatic rings. The van der Waals surface area contributed by atoms with Crippen LogP contribution in [0.1, 0.15) is 29.9 Å². The number of ether oxygens (including phenoxy) is 1. The molecule has 0 bridgehead atoms. The fraction of sp³-hybridized carbons (Fsp3) is 0.429. The lowest BCUT2D eigenvalue weighted by Gasteiger charge is -2.24. The van der Waals surface area contributed by atoms with Crippen molar-refractivity contribution in [2.45, 2.75) is 42.6 Å². The predicted molar refractivity (Wildman–Crippen MR) is 109 cm³/mol. The van der Waals surface area contributed by atoms with Crippen molar-refractivity contribution in [3.63, 3.8) is 0 Å². The number of hydrogen-bond acceptors (Lipinski definition) is 5. The van der Waals surface area contributed by atoms with Crippen LogP contribution in [0.3, 0.4) is 0 Å². The molecule has 186 valence electrons. The molecule has 1 aliphatic carbocycles. The first-order chi connectivity index (χ1) is 15.7. The lowest BCUT2D eigenvalue weighted by Crippen LogP contribution is -2.34. The summed E-state index contributed by atoms with van der Waals surface area (Å²) in [5.41, 5.74) is -0.856. The Hall–Kier alpha value is -2.83. The molecule has 1 amide bonds. The van der Waals surface area contributed by atoms with Gasteiger partial charge in [-0.25, -0.2) is 13.4 Å². The normalized spacial score (nSPS) is 14.8. The Morgan fingerprint density at radius 1 is 1.12 bits per heavy atom. The summed E-state index contributed by atoms with van der Waals surface area (Å²) in [6.07, 6.45) is -8.48. The first kappa shape index (κ1) is 25.8. The number of rotatable bonds is 8. The van der Waals surface area contributed by atoms with E-state index in [0.717, 1.165) is 26.0 Å². The molecule has 0 unspecified atom stereocenters. The Kier molecular flexibility index (Phi) is 7.15. The van der Waals surface area contributed by atoms with Gasteiger partial charge in [0.2, 0.25) is 5.91 Å². The van der Waals surface area contributed by atoms with E-state index in [0.29, 0.717) is 17.7 Å². The number of nitrogens with zero attached hydrogens (tertiary/aromatic N) is 1. The molecule has 1 N–H and O–H groups in total. The molecule has 1 fully saturated rings. The maximum Gasteiger partial charge on any atom is 0.404 e. The highest BCUT2D eigenvalue weighted by atomic mass is 32.2. The van der Waals surface area contributed by atoms with Crippen LogP contribution in [0.15, 0.2) is 41.6 Å². The van der Waals surface area contributed by atoms with E-state index in [-0.39, 0.29) is 34.6 Å². The summed E-state index contributed by atoms with van der Waals surface area (Å²) in [7, 11) is -2.48. The number of benzene rings is 1. The molecule has 1 aliphatic rings. The monoisotopic (exact) mass is 510 g/mol. The van der Waals surface area contributed by atoms with Gasteiger partial charge in [-0.1, -0.05) is 12.1 Å². The smallest absolute Gasteiger partial charge is 0.404 e. The summed E-state index contributed by atoms with van der Waals surface area (Å²) in [5, 5.41) is 2.25. The highest BCUT2D eigenvalue weighted by Gasteiger charge is 2.57. The fourth-order valence-electron chi connectivity index (χ4n) is 3.31. The van der Waals surface area contributed by atoms with Crippen LogP contribution < -0.4 is 10.1 Å². The van der Waals surface area contributed by atoms with Gasteiger partial charge in [0, 0.05) is 6.20 Å². The summed E-state index contributed by atoms with van der Waals surface area (Å²) in [6, 6.07) is 4.77. The second kappa shape index (κ2) is 9.43. The SMILES string of the molecule is COc1cc(C(C(F)(F)F)C(F)(F)F)ccc1NC(=O)Cc1ccc(S(=O)(=O)CC2CC2)nc1. The maximum atomic E-state index is 13.0. The topological polar surface area (TPSA) is 85.4 Å². The van der Waals surface area contributed by atoms with Crippen molar-refractivity contribution in [1.82, 2.24) is 4.98 Å². The quantitative estimate of drug-likeness (QED) is 0.522. The number of carbonyl (C=O) groups is 1. The van der Waals surface area contributed by atoms with Crippen LogP contribution in [0.4, 0.5) is 32.0 Å². The van der Waals surface area contributed by atoms with Crippen molar-refractivity contribution in [3.05, 3.63) is 47.7 Å². The van der Waals surface area contributed by atoms with Crippen LogP contribution >= 0.6 is 0 Å². The zero-order chi connectivity index (χ0) is 25.3. The van der Waals surface area contributed by atoms with Gasteiger partial charge >= 0.3 is 12.4 Å².